The number of carbonyl (C=O) groups is 2. The standard InChI is InChI=1S/C22H34N2O3/c1-21(2,3)9-7-14-11-15(8-10-22(4,5)6)18(25)16(12-14)13-17(19(23)26)20(24)27/h11-13,25H,7-10H2,1-6H3,(H2,23,26)(H2,24,27). The van der Waals surface area contributed by atoms with Crippen LogP contribution in [-0.2, 0) is 22.4 Å². The average molecular weight is 375 g/mol. The number of nitrogens with two attached hydrogens (primary N) is 2. The van der Waals surface area contributed by atoms with E-state index in [2.05, 4.69) is 41.5 Å². The van der Waals surface area contributed by atoms with Gasteiger partial charge in [0.05, 0.1) is 0 Å². The zero-order valence-electron chi connectivity index (χ0n) is 17.5. The first-order chi connectivity index (χ1) is 12.2. The smallest absolute Gasteiger partial charge is 0.254 e. The van der Waals surface area contributed by atoms with Gasteiger partial charge in [0.1, 0.15) is 11.3 Å². The third-order valence-corrected chi connectivity index (χ3v) is 4.42. The van der Waals surface area contributed by atoms with Crippen LogP contribution in [0, 0.1) is 10.8 Å². The monoisotopic (exact) mass is 374 g/mol. The van der Waals surface area contributed by atoms with Crippen molar-refractivity contribution in [3.8, 4) is 5.75 Å². The molecule has 150 valence electrons. The molecule has 1 aromatic carbocycles. The van der Waals surface area contributed by atoms with Crippen LogP contribution in [0.5, 0.6) is 5.75 Å². The van der Waals surface area contributed by atoms with Gasteiger partial charge >= 0.3 is 0 Å². The van der Waals surface area contributed by atoms with Crippen molar-refractivity contribution < 1.29 is 14.7 Å². The lowest BCUT2D eigenvalue weighted by Crippen LogP contribution is -2.25. The highest BCUT2D eigenvalue weighted by Crippen LogP contribution is 2.32. The number of aryl methyl sites for hydroxylation is 2. The maximum Gasteiger partial charge on any atom is 0.254 e. The number of hydrogen-bond donors (Lipinski definition) is 3. The zero-order chi connectivity index (χ0) is 21.0. The maximum atomic E-state index is 11.5. The fourth-order valence-electron chi connectivity index (χ4n) is 2.68. The number of rotatable bonds is 7. The van der Waals surface area contributed by atoms with E-state index in [1.54, 1.807) is 6.07 Å². The Hall–Kier alpha value is -2.30. The molecule has 0 aliphatic rings. The maximum absolute atomic E-state index is 11.5. The summed E-state index contributed by atoms with van der Waals surface area (Å²) in [6.07, 6.45) is 4.68. The molecule has 0 bridgehead atoms. The van der Waals surface area contributed by atoms with E-state index in [0.29, 0.717) is 12.0 Å². The van der Waals surface area contributed by atoms with E-state index < -0.39 is 11.8 Å². The Morgan fingerprint density at radius 2 is 1.41 bits per heavy atom. The first-order valence-corrected chi connectivity index (χ1v) is 9.36. The first-order valence-electron chi connectivity index (χ1n) is 9.36. The topological polar surface area (TPSA) is 106 Å². The molecule has 5 nitrogen and oxygen atoms in total. The van der Waals surface area contributed by atoms with Crippen LogP contribution in [0.3, 0.4) is 0 Å². The molecule has 1 rings (SSSR count). The third-order valence-electron chi connectivity index (χ3n) is 4.42. The molecule has 0 atom stereocenters. The SMILES string of the molecule is CC(C)(C)CCc1cc(C=C(C(N)=O)C(N)=O)c(O)c(CCC(C)(C)C)c1. The van der Waals surface area contributed by atoms with Crippen LogP contribution < -0.4 is 11.5 Å². The van der Waals surface area contributed by atoms with Crippen LogP contribution >= 0.6 is 0 Å². The quantitative estimate of drug-likeness (QED) is 0.385. The van der Waals surface area contributed by atoms with Crippen LogP contribution in [0.2, 0.25) is 0 Å². The average Bonchev–Trinajstić information content (AvgIpc) is 2.48. The van der Waals surface area contributed by atoms with E-state index in [9.17, 15) is 14.7 Å². The molecule has 0 saturated carbocycles. The van der Waals surface area contributed by atoms with Crippen molar-refractivity contribution in [2.24, 2.45) is 22.3 Å². The van der Waals surface area contributed by atoms with Crippen molar-refractivity contribution in [2.45, 2.75) is 67.2 Å². The number of amides is 2. The Morgan fingerprint density at radius 1 is 0.926 bits per heavy atom. The molecule has 5 heteroatoms. The van der Waals surface area contributed by atoms with Gasteiger partial charge in [-0.05, 0) is 59.8 Å². The number of phenolic OH excluding ortho intramolecular Hbond substituents is 1. The number of primary amides is 2. The van der Waals surface area contributed by atoms with Crippen molar-refractivity contribution in [1.29, 1.82) is 0 Å². The summed E-state index contributed by atoms with van der Waals surface area (Å²) in [5.41, 5.74) is 12.7. The Bertz CT molecular complexity index is 719. The fourth-order valence-corrected chi connectivity index (χ4v) is 2.68. The van der Waals surface area contributed by atoms with E-state index in [4.69, 9.17) is 11.5 Å². The van der Waals surface area contributed by atoms with E-state index in [1.807, 2.05) is 6.07 Å². The van der Waals surface area contributed by atoms with Gasteiger partial charge in [-0.3, -0.25) is 9.59 Å². The minimum absolute atomic E-state index is 0.0683. The summed E-state index contributed by atoms with van der Waals surface area (Å²) in [6.45, 7) is 13.0. The van der Waals surface area contributed by atoms with Crippen LogP contribution in [0.25, 0.3) is 6.08 Å². The van der Waals surface area contributed by atoms with Crippen molar-refractivity contribution >= 4 is 17.9 Å². The fraction of sp³-hybridized carbons (Fsp3) is 0.545. The second-order valence-corrected chi connectivity index (χ2v) is 9.60. The Morgan fingerprint density at radius 3 is 1.85 bits per heavy atom. The van der Waals surface area contributed by atoms with Crippen LogP contribution in [-0.4, -0.2) is 16.9 Å². The van der Waals surface area contributed by atoms with Gasteiger partial charge < -0.3 is 16.6 Å². The molecule has 1 aromatic rings. The Balaban J connectivity index is 3.39. The summed E-state index contributed by atoms with van der Waals surface area (Å²) >= 11 is 0. The minimum Gasteiger partial charge on any atom is -0.507 e. The summed E-state index contributed by atoms with van der Waals surface area (Å²) in [6, 6.07) is 3.81. The zero-order valence-corrected chi connectivity index (χ0v) is 17.5. The van der Waals surface area contributed by atoms with Crippen molar-refractivity contribution in [3.63, 3.8) is 0 Å². The molecule has 0 aromatic heterocycles. The number of carbonyl (C=O) groups excluding carboxylic acids is 2. The van der Waals surface area contributed by atoms with Crippen LogP contribution in [0.4, 0.5) is 0 Å². The summed E-state index contributed by atoms with van der Waals surface area (Å²) in [5, 5.41) is 10.7. The molecule has 0 spiro atoms. The second kappa shape index (κ2) is 8.59. The van der Waals surface area contributed by atoms with E-state index in [1.165, 1.54) is 6.08 Å². The molecular formula is C22H34N2O3. The molecule has 5 N–H and O–H groups in total. The normalized spacial score (nSPS) is 11.9. The van der Waals surface area contributed by atoms with Crippen molar-refractivity contribution in [2.75, 3.05) is 0 Å². The lowest BCUT2D eigenvalue weighted by molar-refractivity contribution is -0.120. The molecule has 0 aliphatic carbocycles. The molecule has 27 heavy (non-hydrogen) atoms. The van der Waals surface area contributed by atoms with Gasteiger partial charge in [0.2, 0.25) is 0 Å². The largest absolute Gasteiger partial charge is 0.507 e. The molecule has 0 saturated heterocycles. The molecule has 0 radical (unpaired) electrons. The van der Waals surface area contributed by atoms with Gasteiger partial charge in [0.15, 0.2) is 0 Å². The summed E-state index contributed by atoms with van der Waals surface area (Å²) in [5.74, 6) is -1.74. The highest BCUT2D eigenvalue weighted by molar-refractivity contribution is 6.20. The predicted octanol–water partition coefficient (Wildman–Crippen LogP) is 3.70. The summed E-state index contributed by atoms with van der Waals surface area (Å²) in [4.78, 5) is 23.0. The van der Waals surface area contributed by atoms with E-state index >= 15 is 0 Å². The Labute approximate surface area is 162 Å². The van der Waals surface area contributed by atoms with Gasteiger partial charge in [0.25, 0.3) is 11.8 Å². The number of aromatic hydroxyl groups is 1. The highest BCUT2D eigenvalue weighted by atomic mass is 16.3. The van der Waals surface area contributed by atoms with Gasteiger partial charge in [-0.2, -0.15) is 0 Å². The van der Waals surface area contributed by atoms with Gasteiger partial charge in [-0.1, -0.05) is 47.6 Å². The number of phenols is 1. The van der Waals surface area contributed by atoms with Gasteiger partial charge in [-0.25, -0.2) is 0 Å². The lowest BCUT2D eigenvalue weighted by Gasteiger charge is -2.21. The highest BCUT2D eigenvalue weighted by Gasteiger charge is 2.18. The van der Waals surface area contributed by atoms with Crippen molar-refractivity contribution in [3.05, 3.63) is 34.4 Å². The summed E-state index contributed by atoms with van der Waals surface area (Å²) in [7, 11) is 0. The third kappa shape index (κ3) is 7.85. The lowest BCUT2D eigenvalue weighted by atomic mass is 9.85. The first kappa shape index (κ1) is 22.7. The van der Waals surface area contributed by atoms with E-state index in [-0.39, 0.29) is 22.2 Å². The second-order valence-electron chi connectivity index (χ2n) is 9.60. The predicted molar refractivity (Wildman–Crippen MR) is 110 cm³/mol. The molecule has 0 heterocycles. The van der Waals surface area contributed by atoms with E-state index in [0.717, 1.165) is 30.4 Å². The molecule has 0 unspecified atom stereocenters. The minimum atomic E-state index is -0.904. The number of hydrogen-bond acceptors (Lipinski definition) is 3. The molecule has 2 amide bonds. The van der Waals surface area contributed by atoms with Gasteiger partial charge in [-0.15, -0.1) is 0 Å². The Kier molecular flexibility index (Phi) is 7.24. The van der Waals surface area contributed by atoms with Crippen LogP contribution in [0.15, 0.2) is 17.7 Å². The summed E-state index contributed by atoms with van der Waals surface area (Å²) < 4.78 is 0. The van der Waals surface area contributed by atoms with Crippen LogP contribution in [0.1, 0.15) is 71.1 Å². The molecule has 0 fully saturated rings. The number of benzene rings is 1. The molecule has 0 aliphatic heterocycles. The van der Waals surface area contributed by atoms with Gasteiger partial charge in [0, 0.05) is 5.56 Å². The molecular weight excluding hydrogens is 340 g/mol. The van der Waals surface area contributed by atoms with Crippen molar-refractivity contribution in [1.82, 2.24) is 0 Å².